The molecule has 1 fully saturated rings. The average Bonchev–Trinajstić information content (AvgIpc) is 3.39. The van der Waals surface area contributed by atoms with Crippen LogP contribution in [-0.2, 0) is 5.41 Å². The first-order valence-electron chi connectivity index (χ1n) is 8.83. The van der Waals surface area contributed by atoms with Crippen LogP contribution in [0.15, 0.2) is 55.0 Å². The van der Waals surface area contributed by atoms with Gasteiger partial charge in [0.1, 0.15) is 0 Å². The number of hydrogen-bond donors (Lipinski definition) is 0. The van der Waals surface area contributed by atoms with Crippen molar-refractivity contribution in [2.24, 2.45) is 0 Å². The molecule has 1 aliphatic heterocycles. The molecular weight excluding hydrogens is 324 g/mol. The quantitative estimate of drug-likeness (QED) is 0.675. The monoisotopic (exact) mass is 342 g/mol. The predicted octanol–water partition coefficient (Wildman–Crippen LogP) is 3.92. The number of nitrogens with zero attached hydrogens (tertiary/aromatic N) is 4. The number of aromatic nitrogens is 3. The van der Waals surface area contributed by atoms with Crippen LogP contribution in [0.4, 0.5) is 11.6 Å². The Morgan fingerprint density at radius 2 is 1.88 bits per heavy atom. The van der Waals surface area contributed by atoms with Crippen molar-refractivity contribution < 1.29 is 4.79 Å². The summed E-state index contributed by atoms with van der Waals surface area (Å²) >= 11 is 0. The lowest BCUT2D eigenvalue weighted by molar-refractivity contribution is 0.101. The summed E-state index contributed by atoms with van der Waals surface area (Å²) in [6.45, 7) is 2.48. The molecule has 128 valence electrons. The molecule has 1 aliphatic carbocycles. The second-order valence-corrected chi connectivity index (χ2v) is 7.14. The van der Waals surface area contributed by atoms with E-state index in [1.54, 1.807) is 13.1 Å². The van der Waals surface area contributed by atoms with Crippen LogP contribution in [-0.4, -0.2) is 27.3 Å². The van der Waals surface area contributed by atoms with Gasteiger partial charge < -0.3 is 4.90 Å². The molecule has 0 unspecified atom stereocenters. The Kier molecular flexibility index (Phi) is 3.19. The van der Waals surface area contributed by atoms with Crippen LogP contribution in [0.5, 0.6) is 0 Å². The van der Waals surface area contributed by atoms with E-state index in [-0.39, 0.29) is 11.2 Å². The van der Waals surface area contributed by atoms with Gasteiger partial charge in [-0.05, 0) is 43.5 Å². The van der Waals surface area contributed by atoms with E-state index in [9.17, 15) is 4.79 Å². The third kappa shape index (κ3) is 2.31. The molecule has 3 aromatic rings. The van der Waals surface area contributed by atoms with Gasteiger partial charge in [0.15, 0.2) is 5.78 Å². The molecule has 0 radical (unpaired) electrons. The lowest BCUT2D eigenvalue weighted by Gasteiger charge is -2.18. The van der Waals surface area contributed by atoms with Gasteiger partial charge in [-0.3, -0.25) is 9.78 Å². The van der Waals surface area contributed by atoms with Gasteiger partial charge in [-0.15, -0.1) is 0 Å². The van der Waals surface area contributed by atoms with Gasteiger partial charge in [0.25, 0.3) is 0 Å². The van der Waals surface area contributed by atoms with E-state index < -0.39 is 0 Å². The number of carbonyl (C=O) groups excluding carboxylic acids is 1. The summed E-state index contributed by atoms with van der Waals surface area (Å²) < 4.78 is 0. The van der Waals surface area contributed by atoms with E-state index in [0.717, 1.165) is 29.1 Å². The minimum atomic E-state index is 0.0796. The molecule has 0 bridgehead atoms. The van der Waals surface area contributed by atoms with Crippen LogP contribution in [0, 0.1) is 0 Å². The maximum atomic E-state index is 11.8. The topological polar surface area (TPSA) is 59.0 Å². The minimum Gasteiger partial charge on any atom is -0.309 e. The molecule has 0 atom stereocenters. The summed E-state index contributed by atoms with van der Waals surface area (Å²) in [6, 6.07) is 11.8. The average molecular weight is 342 g/mol. The predicted molar refractivity (Wildman–Crippen MR) is 99.6 cm³/mol. The van der Waals surface area contributed by atoms with Gasteiger partial charge in [-0.25, -0.2) is 9.97 Å². The number of ketones is 1. The summed E-state index contributed by atoms with van der Waals surface area (Å²) in [5.41, 5.74) is 5.09. The van der Waals surface area contributed by atoms with E-state index in [2.05, 4.69) is 25.9 Å². The van der Waals surface area contributed by atoms with E-state index in [1.165, 1.54) is 18.4 Å². The Hall–Kier alpha value is -3.08. The molecule has 1 aromatic carbocycles. The zero-order valence-electron chi connectivity index (χ0n) is 14.5. The lowest BCUT2D eigenvalue weighted by Crippen LogP contribution is -2.21. The zero-order chi connectivity index (χ0) is 17.7. The lowest BCUT2D eigenvalue weighted by atomic mass is 9.97. The number of carbonyl (C=O) groups is 1. The summed E-state index contributed by atoms with van der Waals surface area (Å²) in [7, 11) is 0. The fourth-order valence-corrected chi connectivity index (χ4v) is 3.78. The van der Waals surface area contributed by atoms with Crippen LogP contribution in [0.1, 0.15) is 35.7 Å². The van der Waals surface area contributed by atoms with Crippen molar-refractivity contribution in [3.63, 3.8) is 0 Å². The number of anilines is 2. The smallest absolute Gasteiger partial charge is 0.229 e. The van der Waals surface area contributed by atoms with E-state index >= 15 is 0 Å². The molecule has 5 nitrogen and oxygen atoms in total. The zero-order valence-corrected chi connectivity index (χ0v) is 14.5. The van der Waals surface area contributed by atoms with Gasteiger partial charge in [0.2, 0.25) is 5.95 Å². The standard InChI is InChI=1S/C21H18N4O/c1-14(26)15-5-6-17-19(10-15)25(13-21(17)7-8-21)20-23-11-16(12-24-20)18-4-2-3-9-22-18/h2-6,9-12H,7-8,13H2,1H3. The highest BCUT2D eigenvalue weighted by Crippen LogP contribution is 2.57. The van der Waals surface area contributed by atoms with Crippen LogP contribution in [0.3, 0.4) is 0 Å². The van der Waals surface area contributed by atoms with Crippen molar-refractivity contribution in [3.8, 4) is 11.3 Å². The highest BCUT2D eigenvalue weighted by Gasteiger charge is 2.52. The van der Waals surface area contributed by atoms with Crippen LogP contribution in [0.2, 0.25) is 0 Å². The third-order valence-corrected chi connectivity index (χ3v) is 5.42. The number of pyridine rings is 1. The van der Waals surface area contributed by atoms with Crippen molar-refractivity contribution in [2.45, 2.75) is 25.2 Å². The van der Waals surface area contributed by atoms with Crippen LogP contribution in [0.25, 0.3) is 11.3 Å². The first-order valence-corrected chi connectivity index (χ1v) is 8.83. The molecule has 0 amide bonds. The normalized spacial score (nSPS) is 16.6. The first-order chi connectivity index (χ1) is 12.7. The highest BCUT2D eigenvalue weighted by atomic mass is 16.1. The SMILES string of the molecule is CC(=O)c1ccc2c(c1)N(c1ncc(-c3ccccn3)cn1)CC21CC1. The van der Waals surface area contributed by atoms with Crippen molar-refractivity contribution in [3.05, 3.63) is 66.1 Å². The van der Waals surface area contributed by atoms with Crippen molar-refractivity contribution in [1.82, 2.24) is 15.0 Å². The van der Waals surface area contributed by atoms with Gasteiger partial charge in [-0.2, -0.15) is 0 Å². The summed E-state index contributed by atoms with van der Waals surface area (Å²) in [5.74, 6) is 0.756. The van der Waals surface area contributed by atoms with Crippen molar-refractivity contribution in [1.29, 1.82) is 0 Å². The number of rotatable bonds is 3. The Labute approximate surface area is 151 Å². The third-order valence-electron chi connectivity index (χ3n) is 5.42. The Morgan fingerprint density at radius 3 is 2.54 bits per heavy atom. The van der Waals surface area contributed by atoms with Gasteiger partial charge in [-0.1, -0.05) is 18.2 Å². The Balaban J connectivity index is 1.54. The van der Waals surface area contributed by atoms with Gasteiger partial charge >= 0.3 is 0 Å². The molecule has 3 heterocycles. The first kappa shape index (κ1) is 15.2. The van der Waals surface area contributed by atoms with Gasteiger partial charge in [0, 0.05) is 47.4 Å². The second-order valence-electron chi connectivity index (χ2n) is 7.14. The maximum absolute atomic E-state index is 11.8. The summed E-state index contributed by atoms with van der Waals surface area (Å²) in [6.07, 6.45) is 7.76. The summed E-state index contributed by atoms with van der Waals surface area (Å²) in [5, 5.41) is 0. The number of hydrogen-bond acceptors (Lipinski definition) is 5. The van der Waals surface area contributed by atoms with Crippen LogP contribution < -0.4 is 4.90 Å². The fourth-order valence-electron chi connectivity index (χ4n) is 3.78. The van der Waals surface area contributed by atoms with E-state index in [4.69, 9.17) is 0 Å². The van der Waals surface area contributed by atoms with Crippen molar-refractivity contribution >= 4 is 17.4 Å². The number of fused-ring (bicyclic) bond motifs is 2. The number of Topliss-reactive ketones (excluding diaryl/α,β-unsaturated/α-hetero) is 1. The number of benzene rings is 1. The molecule has 5 rings (SSSR count). The summed E-state index contributed by atoms with van der Waals surface area (Å²) in [4.78, 5) is 27.5. The molecule has 1 saturated carbocycles. The Morgan fingerprint density at radius 1 is 1.08 bits per heavy atom. The Bertz CT molecular complexity index is 994. The minimum absolute atomic E-state index is 0.0796. The molecule has 2 aliphatic rings. The van der Waals surface area contributed by atoms with Crippen molar-refractivity contribution in [2.75, 3.05) is 11.4 Å². The fraction of sp³-hybridized carbons (Fsp3) is 0.238. The molecule has 26 heavy (non-hydrogen) atoms. The molecule has 2 aromatic heterocycles. The molecule has 1 spiro atoms. The van der Waals surface area contributed by atoms with E-state index in [1.807, 2.05) is 42.7 Å². The largest absolute Gasteiger partial charge is 0.309 e. The molecule has 5 heteroatoms. The highest BCUT2D eigenvalue weighted by molar-refractivity contribution is 5.96. The molecule has 0 N–H and O–H groups in total. The van der Waals surface area contributed by atoms with Crippen LogP contribution >= 0.6 is 0 Å². The molecular formula is C21H18N4O. The molecule has 0 saturated heterocycles. The van der Waals surface area contributed by atoms with E-state index in [0.29, 0.717) is 5.95 Å². The van der Waals surface area contributed by atoms with Gasteiger partial charge in [0.05, 0.1) is 5.69 Å². The second kappa shape index (κ2) is 5.46. The maximum Gasteiger partial charge on any atom is 0.229 e.